The standard InChI is InChI=1S/C28H29N3O3S/c1-2-19-8-10-23(11-9-19)35(33,34)31-14-12-21(13-15-31)26-18-30-27-24(26)16-22(17-25(27)28(29)32)20-6-4-3-5-7-20/h3-11,16-18,21,30H,2,12-15H2,1H3,(H2,29,32). The van der Waals surface area contributed by atoms with E-state index in [9.17, 15) is 13.2 Å². The number of primary amides is 1. The fourth-order valence-electron chi connectivity index (χ4n) is 5.04. The van der Waals surface area contributed by atoms with Crippen LogP contribution in [0.4, 0.5) is 0 Å². The van der Waals surface area contributed by atoms with Crippen molar-refractivity contribution in [1.82, 2.24) is 9.29 Å². The quantitative estimate of drug-likeness (QED) is 0.398. The van der Waals surface area contributed by atoms with E-state index >= 15 is 0 Å². The number of H-pyrrole nitrogens is 1. The number of benzene rings is 3. The van der Waals surface area contributed by atoms with Crippen molar-refractivity contribution in [3.63, 3.8) is 0 Å². The van der Waals surface area contributed by atoms with Gasteiger partial charge in [-0.25, -0.2) is 8.42 Å². The van der Waals surface area contributed by atoms with Crippen molar-refractivity contribution < 1.29 is 13.2 Å². The van der Waals surface area contributed by atoms with E-state index in [0.29, 0.717) is 36.4 Å². The summed E-state index contributed by atoms with van der Waals surface area (Å²) in [4.78, 5) is 15.8. The number of hydrogen-bond donors (Lipinski definition) is 2. The molecule has 1 aliphatic heterocycles. The topological polar surface area (TPSA) is 96.3 Å². The van der Waals surface area contributed by atoms with E-state index in [1.165, 1.54) is 0 Å². The first-order chi connectivity index (χ1) is 16.9. The van der Waals surface area contributed by atoms with Gasteiger partial charge in [0.15, 0.2) is 0 Å². The fraction of sp³-hybridized carbons (Fsp3) is 0.250. The highest BCUT2D eigenvalue weighted by Crippen LogP contribution is 2.37. The maximum absolute atomic E-state index is 13.2. The second-order valence-corrected chi connectivity index (χ2v) is 11.0. The van der Waals surface area contributed by atoms with E-state index in [-0.39, 0.29) is 5.92 Å². The second-order valence-electron chi connectivity index (χ2n) is 9.10. The summed E-state index contributed by atoms with van der Waals surface area (Å²) in [5.74, 6) is -0.291. The minimum Gasteiger partial charge on any atom is -0.366 e. The molecule has 3 aromatic carbocycles. The largest absolute Gasteiger partial charge is 0.366 e. The van der Waals surface area contributed by atoms with Gasteiger partial charge in [-0.15, -0.1) is 0 Å². The van der Waals surface area contributed by atoms with E-state index in [2.05, 4.69) is 11.1 Å². The molecule has 180 valence electrons. The Bertz CT molecular complexity index is 1470. The van der Waals surface area contributed by atoms with Crippen molar-refractivity contribution >= 4 is 26.8 Å². The van der Waals surface area contributed by atoms with E-state index < -0.39 is 15.9 Å². The molecule has 0 spiro atoms. The van der Waals surface area contributed by atoms with Gasteiger partial charge >= 0.3 is 0 Å². The molecule has 1 amide bonds. The lowest BCUT2D eigenvalue weighted by atomic mass is 9.88. The van der Waals surface area contributed by atoms with Gasteiger partial charge in [0, 0.05) is 24.7 Å². The van der Waals surface area contributed by atoms with Crippen LogP contribution in [0.15, 0.2) is 77.8 Å². The Labute approximate surface area is 205 Å². The zero-order valence-electron chi connectivity index (χ0n) is 19.7. The molecule has 0 aliphatic carbocycles. The number of carbonyl (C=O) groups is 1. The van der Waals surface area contributed by atoms with E-state index in [1.807, 2.05) is 61.7 Å². The van der Waals surface area contributed by atoms with Crippen LogP contribution in [0.2, 0.25) is 0 Å². The number of aryl methyl sites for hydroxylation is 1. The van der Waals surface area contributed by atoms with Crippen LogP contribution in [0.1, 0.15) is 47.2 Å². The van der Waals surface area contributed by atoms with Gasteiger partial charge < -0.3 is 10.7 Å². The van der Waals surface area contributed by atoms with E-state index in [0.717, 1.165) is 39.6 Å². The van der Waals surface area contributed by atoms with E-state index in [1.54, 1.807) is 16.4 Å². The molecule has 0 saturated carbocycles. The number of fused-ring (bicyclic) bond motifs is 1. The molecule has 0 atom stereocenters. The summed E-state index contributed by atoms with van der Waals surface area (Å²) in [7, 11) is -3.52. The summed E-state index contributed by atoms with van der Waals surface area (Å²) < 4.78 is 28.0. The summed E-state index contributed by atoms with van der Waals surface area (Å²) in [6.45, 7) is 2.96. The highest BCUT2D eigenvalue weighted by Gasteiger charge is 2.31. The first kappa shape index (κ1) is 23.3. The molecule has 35 heavy (non-hydrogen) atoms. The number of carbonyl (C=O) groups excluding carboxylic acids is 1. The summed E-state index contributed by atoms with van der Waals surface area (Å²) >= 11 is 0. The SMILES string of the molecule is CCc1ccc(S(=O)(=O)N2CCC(c3c[nH]c4c(C(N)=O)cc(-c5ccccc5)cc34)CC2)cc1. The first-order valence-electron chi connectivity index (χ1n) is 12.0. The molecule has 2 heterocycles. The molecule has 1 saturated heterocycles. The van der Waals surface area contributed by atoms with Crippen LogP contribution >= 0.6 is 0 Å². The van der Waals surface area contributed by atoms with Crippen LogP contribution in [0.5, 0.6) is 0 Å². The maximum atomic E-state index is 13.2. The van der Waals surface area contributed by atoms with Crippen LogP contribution in [0.3, 0.4) is 0 Å². The third-order valence-corrected chi connectivity index (χ3v) is 8.97. The van der Waals surface area contributed by atoms with Crippen molar-refractivity contribution in [2.75, 3.05) is 13.1 Å². The summed E-state index contributed by atoms with van der Waals surface area (Å²) in [5.41, 5.74) is 11.1. The van der Waals surface area contributed by atoms with Crippen molar-refractivity contribution in [2.24, 2.45) is 5.73 Å². The predicted molar refractivity (Wildman–Crippen MR) is 139 cm³/mol. The van der Waals surface area contributed by atoms with Crippen LogP contribution in [0, 0.1) is 0 Å². The average molecular weight is 488 g/mol. The first-order valence-corrected chi connectivity index (χ1v) is 13.4. The summed E-state index contributed by atoms with van der Waals surface area (Å²) in [6, 6.07) is 21.0. The Kier molecular flexibility index (Phi) is 6.21. The molecule has 1 aliphatic rings. The van der Waals surface area contributed by atoms with Gasteiger partial charge in [0.25, 0.3) is 5.91 Å². The van der Waals surface area contributed by atoms with Gasteiger partial charge in [-0.1, -0.05) is 49.4 Å². The van der Waals surface area contributed by atoms with Gasteiger partial charge in [0.05, 0.1) is 16.0 Å². The number of piperidine rings is 1. The number of nitrogens with one attached hydrogen (secondary N) is 1. The highest BCUT2D eigenvalue weighted by molar-refractivity contribution is 7.89. The van der Waals surface area contributed by atoms with Crippen LogP contribution in [0.25, 0.3) is 22.0 Å². The Balaban J connectivity index is 1.43. The molecular formula is C28H29N3O3S. The van der Waals surface area contributed by atoms with Gasteiger partial charge in [-0.3, -0.25) is 4.79 Å². The van der Waals surface area contributed by atoms with Crippen LogP contribution < -0.4 is 5.73 Å². The number of amides is 1. The van der Waals surface area contributed by atoms with Crippen LogP contribution in [-0.2, 0) is 16.4 Å². The van der Waals surface area contributed by atoms with Gasteiger partial charge in [-0.05, 0) is 71.7 Å². The molecular weight excluding hydrogens is 458 g/mol. The molecule has 1 fully saturated rings. The van der Waals surface area contributed by atoms with Gasteiger partial charge in [0.2, 0.25) is 10.0 Å². The Morgan fingerprint density at radius 1 is 1.00 bits per heavy atom. The lowest BCUT2D eigenvalue weighted by Crippen LogP contribution is -2.37. The molecule has 1 aromatic heterocycles. The van der Waals surface area contributed by atoms with Crippen molar-refractivity contribution in [2.45, 2.75) is 37.0 Å². The van der Waals surface area contributed by atoms with Crippen molar-refractivity contribution in [1.29, 1.82) is 0 Å². The predicted octanol–water partition coefficient (Wildman–Crippen LogP) is 5.06. The lowest BCUT2D eigenvalue weighted by Gasteiger charge is -2.31. The molecule has 5 rings (SSSR count). The third-order valence-electron chi connectivity index (χ3n) is 7.06. The van der Waals surface area contributed by atoms with Crippen molar-refractivity contribution in [3.05, 3.63) is 89.6 Å². The molecule has 7 heteroatoms. The maximum Gasteiger partial charge on any atom is 0.250 e. The number of hydrogen-bond acceptors (Lipinski definition) is 3. The highest BCUT2D eigenvalue weighted by atomic mass is 32.2. The van der Waals surface area contributed by atoms with E-state index in [4.69, 9.17) is 5.73 Å². The number of rotatable bonds is 6. The minimum atomic E-state index is -3.52. The monoisotopic (exact) mass is 487 g/mol. The lowest BCUT2D eigenvalue weighted by molar-refractivity contribution is 0.100. The summed E-state index contributed by atoms with van der Waals surface area (Å²) in [5, 5.41) is 0.969. The molecule has 3 N–H and O–H groups in total. The normalized spacial score (nSPS) is 15.5. The molecule has 6 nitrogen and oxygen atoms in total. The Hall–Kier alpha value is -3.42. The third kappa shape index (κ3) is 4.37. The Morgan fingerprint density at radius 3 is 2.31 bits per heavy atom. The number of nitrogens with two attached hydrogens (primary N) is 1. The number of nitrogens with zero attached hydrogens (tertiary/aromatic N) is 1. The number of aromatic amines is 1. The summed E-state index contributed by atoms with van der Waals surface area (Å²) in [6.07, 6.45) is 4.24. The van der Waals surface area contributed by atoms with Crippen LogP contribution in [-0.4, -0.2) is 36.7 Å². The molecule has 0 unspecified atom stereocenters. The van der Waals surface area contributed by atoms with Gasteiger partial charge in [0.1, 0.15) is 0 Å². The molecule has 0 radical (unpaired) electrons. The zero-order valence-corrected chi connectivity index (χ0v) is 20.5. The number of aromatic nitrogens is 1. The smallest absolute Gasteiger partial charge is 0.250 e. The average Bonchev–Trinajstić information content (AvgIpc) is 3.32. The number of sulfonamides is 1. The zero-order chi connectivity index (χ0) is 24.6. The van der Waals surface area contributed by atoms with Gasteiger partial charge in [-0.2, -0.15) is 4.31 Å². The Morgan fingerprint density at radius 2 is 1.69 bits per heavy atom. The second kappa shape index (κ2) is 9.32. The fourth-order valence-corrected chi connectivity index (χ4v) is 6.51. The molecule has 0 bridgehead atoms. The van der Waals surface area contributed by atoms with Crippen molar-refractivity contribution in [3.8, 4) is 11.1 Å². The molecule has 4 aromatic rings. The minimum absolute atomic E-state index is 0.185.